The molecule has 0 radical (unpaired) electrons. The van der Waals surface area contributed by atoms with Gasteiger partial charge in [0.2, 0.25) is 5.91 Å². The van der Waals surface area contributed by atoms with Crippen molar-refractivity contribution in [3.05, 3.63) is 48.0 Å². The quantitative estimate of drug-likeness (QED) is 0.868. The standard InChI is InChI=1S/C16H17FN4O3/c1-9-7-20(8-19-9)12-5-3-11(4-6-12)13-14(10(2)15(18)22)24-16(23)21(13)17/h3-8,10,13-14H,1-2H3,(H2,18,22). The van der Waals surface area contributed by atoms with Crippen molar-refractivity contribution in [2.45, 2.75) is 26.0 Å². The van der Waals surface area contributed by atoms with Gasteiger partial charge in [-0.15, -0.1) is 5.12 Å². The van der Waals surface area contributed by atoms with Crippen LogP contribution in [-0.4, -0.2) is 32.8 Å². The summed E-state index contributed by atoms with van der Waals surface area (Å²) in [7, 11) is 0. The van der Waals surface area contributed by atoms with E-state index < -0.39 is 30.1 Å². The Morgan fingerprint density at radius 1 is 1.38 bits per heavy atom. The molecule has 3 rings (SSSR count). The number of imidazole rings is 1. The molecular formula is C16H17FN4O3. The summed E-state index contributed by atoms with van der Waals surface area (Å²) in [6.45, 7) is 3.39. The molecule has 2 heterocycles. The minimum atomic E-state index is -1.12. The number of aromatic nitrogens is 2. The van der Waals surface area contributed by atoms with Gasteiger partial charge in [0, 0.05) is 11.9 Å². The molecule has 3 atom stereocenters. The maximum atomic E-state index is 14.2. The third-order valence-electron chi connectivity index (χ3n) is 4.15. The SMILES string of the molecule is Cc1cn(-c2ccc(C3C(C(C)C(N)=O)OC(=O)N3F)cc2)cn1. The fourth-order valence-electron chi connectivity index (χ4n) is 2.74. The van der Waals surface area contributed by atoms with Crippen molar-refractivity contribution in [1.29, 1.82) is 0 Å². The number of primary amides is 1. The van der Waals surface area contributed by atoms with Crippen LogP contribution in [0.5, 0.6) is 0 Å². The number of halogens is 1. The van der Waals surface area contributed by atoms with Crippen molar-refractivity contribution < 1.29 is 18.8 Å². The van der Waals surface area contributed by atoms with E-state index in [-0.39, 0.29) is 5.12 Å². The average molecular weight is 332 g/mol. The Balaban J connectivity index is 1.91. The molecule has 1 aliphatic rings. The summed E-state index contributed by atoms with van der Waals surface area (Å²) in [5, 5.41) is 0.000473. The van der Waals surface area contributed by atoms with Gasteiger partial charge in [0.1, 0.15) is 12.1 Å². The molecule has 0 spiro atoms. The highest BCUT2D eigenvalue weighted by Gasteiger charge is 2.47. The molecule has 2 N–H and O–H groups in total. The van der Waals surface area contributed by atoms with E-state index >= 15 is 0 Å². The molecule has 1 aromatic carbocycles. The summed E-state index contributed by atoms with van der Waals surface area (Å²) in [5.74, 6) is -1.46. The lowest BCUT2D eigenvalue weighted by Gasteiger charge is -2.22. The Bertz CT molecular complexity index is 774. The van der Waals surface area contributed by atoms with Crippen molar-refractivity contribution in [2.24, 2.45) is 11.7 Å². The Morgan fingerprint density at radius 2 is 2.04 bits per heavy atom. The minimum absolute atomic E-state index is 0.000473. The zero-order valence-corrected chi connectivity index (χ0v) is 13.2. The van der Waals surface area contributed by atoms with Gasteiger partial charge in [-0.25, -0.2) is 9.78 Å². The lowest BCUT2D eigenvalue weighted by molar-refractivity contribution is -0.124. The highest BCUT2D eigenvalue weighted by atomic mass is 19.2. The third-order valence-corrected chi connectivity index (χ3v) is 4.15. The van der Waals surface area contributed by atoms with Gasteiger partial charge in [-0.05, 0) is 31.5 Å². The van der Waals surface area contributed by atoms with Gasteiger partial charge < -0.3 is 15.0 Å². The lowest BCUT2D eigenvalue weighted by atomic mass is 9.92. The van der Waals surface area contributed by atoms with Crippen LogP contribution in [0.1, 0.15) is 24.2 Å². The van der Waals surface area contributed by atoms with Crippen LogP contribution < -0.4 is 5.73 Å². The second kappa shape index (κ2) is 5.95. The molecule has 1 fully saturated rings. The number of rotatable bonds is 4. The van der Waals surface area contributed by atoms with Crippen LogP contribution in [0.4, 0.5) is 9.28 Å². The largest absolute Gasteiger partial charge is 0.441 e. The number of benzene rings is 1. The molecule has 0 bridgehead atoms. The van der Waals surface area contributed by atoms with Gasteiger partial charge in [0.05, 0.1) is 17.9 Å². The summed E-state index contributed by atoms with van der Waals surface area (Å²) in [6.07, 6.45) is 1.44. The summed E-state index contributed by atoms with van der Waals surface area (Å²) in [4.78, 5) is 27.1. The van der Waals surface area contributed by atoms with Crippen LogP contribution in [0.15, 0.2) is 36.8 Å². The molecule has 24 heavy (non-hydrogen) atoms. The minimum Gasteiger partial charge on any atom is -0.441 e. The first-order chi connectivity index (χ1) is 11.4. The van der Waals surface area contributed by atoms with E-state index in [9.17, 15) is 14.1 Å². The van der Waals surface area contributed by atoms with E-state index in [0.717, 1.165) is 11.4 Å². The van der Waals surface area contributed by atoms with Gasteiger partial charge in [0.15, 0.2) is 0 Å². The van der Waals surface area contributed by atoms with Gasteiger partial charge in [0.25, 0.3) is 0 Å². The molecule has 8 heteroatoms. The molecule has 0 aliphatic carbocycles. The van der Waals surface area contributed by atoms with Crippen LogP contribution in [0.25, 0.3) is 5.69 Å². The van der Waals surface area contributed by atoms with Gasteiger partial charge in [-0.1, -0.05) is 16.6 Å². The second-order valence-electron chi connectivity index (χ2n) is 5.81. The van der Waals surface area contributed by atoms with Crippen molar-refractivity contribution in [1.82, 2.24) is 14.7 Å². The zero-order valence-electron chi connectivity index (χ0n) is 13.2. The summed E-state index contributed by atoms with van der Waals surface area (Å²) in [6, 6.07) is 5.91. The Labute approximate surface area is 137 Å². The molecule has 2 aromatic rings. The van der Waals surface area contributed by atoms with Crippen LogP contribution in [0.3, 0.4) is 0 Å². The first kappa shape index (κ1) is 16.0. The maximum absolute atomic E-state index is 14.2. The monoisotopic (exact) mass is 332 g/mol. The summed E-state index contributed by atoms with van der Waals surface area (Å²) in [5.41, 5.74) is 7.50. The first-order valence-corrected chi connectivity index (χ1v) is 7.44. The number of nitrogens with zero attached hydrogens (tertiary/aromatic N) is 3. The molecule has 2 amide bonds. The maximum Gasteiger partial charge on any atom is 0.439 e. The van der Waals surface area contributed by atoms with Crippen molar-refractivity contribution in [2.75, 3.05) is 0 Å². The molecule has 0 saturated carbocycles. The van der Waals surface area contributed by atoms with E-state index in [4.69, 9.17) is 10.5 Å². The smallest absolute Gasteiger partial charge is 0.439 e. The molecule has 126 valence electrons. The van der Waals surface area contributed by atoms with Gasteiger partial charge in [-0.2, -0.15) is 0 Å². The molecule has 3 unspecified atom stereocenters. The summed E-state index contributed by atoms with van der Waals surface area (Å²) >= 11 is 0. The van der Waals surface area contributed by atoms with Crippen LogP contribution in [0.2, 0.25) is 0 Å². The Kier molecular flexibility index (Phi) is 3.96. The number of nitrogens with two attached hydrogens (primary N) is 1. The molecular weight excluding hydrogens is 315 g/mol. The van der Waals surface area contributed by atoms with E-state index in [1.807, 2.05) is 17.7 Å². The number of amides is 2. The molecule has 1 saturated heterocycles. The van der Waals surface area contributed by atoms with E-state index in [2.05, 4.69) is 4.98 Å². The molecule has 1 aliphatic heterocycles. The van der Waals surface area contributed by atoms with Crippen molar-refractivity contribution in [3.63, 3.8) is 0 Å². The Morgan fingerprint density at radius 3 is 2.58 bits per heavy atom. The van der Waals surface area contributed by atoms with Crippen LogP contribution in [-0.2, 0) is 9.53 Å². The van der Waals surface area contributed by atoms with Crippen molar-refractivity contribution >= 4 is 12.0 Å². The highest BCUT2D eigenvalue weighted by molar-refractivity contribution is 5.79. The predicted octanol–water partition coefficient (Wildman–Crippen LogP) is 2.05. The number of carbonyl (C=O) groups excluding carboxylic acids is 2. The second-order valence-corrected chi connectivity index (χ2v) is 5.81. The number of hydrogen-bond donors (Lipinski definition) is 1. The van der Waals surface area contributed by atoms with Gasteiger partial charge >= 0.3 is 6.09 Å². The van der Waals surface area contributed by atoms with E-state index in [1.54, 1.807) is 30.6 Å². The topological polar surface area (TPSA) is 90.4 Å². The number of hydrogen-bond acceptors (Lipinski definition) is 4. The average Bonchev–Trinajstić information content (AvgIpc) is 3.11. The normalized spacial score (nSPS) is 21.6. The fraction of sp³-hybridized carbons (Fsp3) is 0.312. The first-order valence-electron chi connectivity index (χ1n) is 7.44. The number of aryl methyl sites for hydroxylation is 1. The number of cyclic esters (lactones) is 1. The fourth-order valence-corrected chi connectivity index (χ4v) is 2.74. The zero-order chi connectivity index (χ0) is 17.4. The highest BCUT2D eigenvalue weighted by Crippen LogP contribution is 2.37. The predicted molar refractivity (Wildman–Crippen MR) is 82.6 cm³/mol. The lowest BCUT2D eigenvalue weighted by Crippen LogP contribution is -2.35. The number of carbonyl (C=O) groups is 2. The van der Waals surface area contributed by atoms with Crippen molar-refractivity contribution in [3.8, 4) is 5.69 Å². The molecule has 1 aromatic heterocycles. The number of ether oxygens (including phenoxy) is 1. The van der Waals surface area contributed by atoms with Crippen LogP contribution >= 0.6 is 0 Å². The summed E-state index contributed by atoms with van der Waals surface area (Å²) < 4.78 is 21.0. The third kappa shape index (κ3) is 2.70. The van der Waals surface area contributed by atoms with Gasteiger partial charge in [-0.3, -0.25) is 4.79 Å². The van der Waals surface area contributed by atoms with Crippen LogP contribution in [0, 0.1) is 12.8 Å². The van der Waals surface area contributed by atoms with E-state index in [1.165, 1.54) is 6.92 Å². The van der Waals surface area contributed by atoms with E-state index in [0.29, 0.717) is 5.56 Å². The Hall–Kier alpha value is -2.90. The molecule has 7 nitrogen and oxygen atoms in total.